The van der Waals surface area contributed by atoms with E-state index in [0.29, 0.717) is 12.5 Å². The first-order valence-electron chi connectivity index (χ1n) is 7.77. The van der Waals surface area contributed by atoms with Crippen LogP contribution < -0.4 is 15.4 Å². The van der Waals surface area contributed by atoms with Gasteiger partial charge in [-0.15, -0.1) is 0 Å². The molecule has 1 fully saturated rings. The first-order valence-corrected chi connectivity index (χ1v) is 7.77. The van der Waals surface area contributed by atoms with Gasteiger partial charge in [0.2, 0.25) is 0 Å². The summed E-state index contributed by atoms with van der Waals surface area (Å²) in [6.45, 7) is 2.60. The molecule has 0 aromatic heterocycles. The molecule has 1 aliphatic rings. The number of hydrogen-bond acceptors (Lipinski definition) is 2. The summed E-state index contributed by atoms with van der Waals surface area (Å²) < 4.78 is 5.23. The second kappa shape index (κ2) is 6.26. The summed E-state index contributed by atoms with van der Waals surface area (Å²) in [6, 6.07) is 12.4. The molecule has 2 aromatic carbocycles. The van der Waals surface area contributed by atoms with Crippen molar-refractivity contribution in [1.82, 2.24) is 10.6 Å². The average Bonchev–Trinajstić information content (AvgIpc) is 3.37. The zero-order valence-electron chi connectivity index (χ0n) is 13.1. The molecule has 1 unspecified atom stereocenters. The fraction of sp³-hybridized carbons (Fsp3) is 0.389. The molecule has 2 aromatic rings. The average molecular weight is 298 g/mol. The summed E-state index contributed by atoms with van der Waals surface area (Å²) in [4.78, 5) is 11.9. The van der Waals surface area contributed by atoms with Crippen LogP contribution in [0.5, 0.6) is 5.75 Å². The SMILES string of the molecule is COc1ccc2cc(CNC(=O)NC(C)C3CC3)ccc2c1. The van der Waals surface area contributed by atoms with Gasteiger partial charge in [0, 0.05) is 12.6 Å². The van der Waals surface area contributed by atoms with Crippen LogP contribution in [0, 0.1) is 5.92 Å². The van der Waals surface area contributed by atoms with Crippen molar-refractivity contribution in [1.29, 1.82) is 0 Å². The van der Waals surface area contributed by atoms with Gasteiger partial charge >= 0.3 is 6.03 Å². The molecule has 1 saturated carbocycles. The number of rotatable bonds is 5. The summed E-state index contributed by atoms with van der Waals surface area (Å²) in [7, 11) is 1.67. The Morgan fingerprint density at radius 1 is 1.23 bits per heavy atom. The van der Waals surface area contributed by atoms with Crippen LogP contribution in [0.25, 0.3) is 10.8 Å². The molecule has 0 radical (unpaired) electrons. The highest BCUT2D eigenvalue weighted by molar-refractivity contribution is 5.84. The zero-order valence-corrected chi connectivity index (χ0v) is 13.1. The summed E-state index contributed by atoms with van der Waals surface area (Å²) >= 11 is 0. The van der Waals surface area contributed by atoms with Crippen molar-refractivity contribution in [3.8, 4) is 5.75 Å². The summed E-state index contributed by atoms with van der Waals surface area (Å²) in [6.07, 6.45) is 2.46. The van der Waals surface area contributed by atoms with Crippen LogP contribution in [0.4, 0.5) is 4.79 Å². The van der Waals surface area contributed by atoms with E-state index in [1.807, 2.05) is 24.3 Å². The number of fused-ring (bicyclic) bond motifs is 1. The predicted octanol–water partition coefficient (Wildman–Crippen LogP) is 3.45. The van der Waals surface area contributed by atoms with E-state index in [-0.39, 0.29) is 12.1 Å². The van der Waals surface area contributed by atoms with Crippen molar-refractivity contribution in [3.05, 3.63) is 42.0 Å². The number of hydrogen-bond donors (Lipinski definition) is 2. The van der Waals surface area contributed by atoms with Crippen molar-refractivity contribution in [2.75, 3.05) is 7.11 Å². The minimum absolute atomic E-state index is 0.0887. The topological polar surface area (TPSA) is 50.4 Å². The monoisotopic (exact) mass is 298 g/mol. The van der Waals surface area contributed by atoms with Gasteiger partial charge in [-0.05, 0) is 60.2 Å². The van der Waals surface area contributed by atoms with E-state index < -0.39 is 0 Å². The Balaban J connectivity index is 1.60. The highest BCUT2D eigenvalue weighted by Crippen LogP contribution is 2.32. The summed E-state index contributed by atoms with van der Waals surface area (Å²) in [5.41, 5.74) is 1.09. The molecule has 22 heavy (non-hydrogen) atoms. The van der Waals surface area contributed by atoms with E-state index in [4.69, 9.17) is 4.74 Å². The van der Waals surface area contributed by atoms with Crippen LogP contribution in [-0.4, -0.2) is 19.2 Å². The number of urea groups is 1. The number of nitrogens with one attached hydrogen (secondary N) is 2. The van der Waals surface area contributed by atoms with Gasteiger partial charge in [0.25, 0.3) is 0 Å². The predicted molar refractivity (Wildman–Crippen MR) is 88.1 cm³/mol. The lowest BCUT2D eigenvalue weighted by molar-refractivity contribution is 0.236. The van der Waals surface area contributed by atoms with Gasteiger partial charge in [-0.1, -0.05) is 18.2 Å². The highest BCUT2D eigenvalue weighted by Gasteiger charge is 2.28. The molecule has 0 spiro atoms. The van der Waals surface area contributed by atoms with E-state index in [1.54, 1.807) is 7.11 Å². The maximum Gasteiger partial charge on any atom is 0.315 e. The largest absolute Gasteiger partial charge is 0.497 e. The van der Waals surface area contributed by atoms with E-state index in [9.17, 15) is 4.79 Å². The molecule has 1 aliphatic carbocycles. The Morgan fingerprint density at radius 2 is 1.95 bits per heavy atom. The van der Waals surface area contributed by atoms with Crippen molar-refractivity contribution >= 4 is 16.8 Å². The number of benzene rings is 2. The van der Waals surface area contributed by atoms with E-state index in [0.717, 1.165) is 22.1 Å². The van der Waals surface area contributed by atoms with Crippen LogP contribution in [0.15, 0.2) is 36.4 Å². The maximum absolute atomic E-state index is 11.9. The minimum Gasteiger partial charge on any atom is -0.497 e. The van der Waals surface area contributed by atoms with Crippen molar-refractivity contribution in [3.63, 3.8) is 0 Å². The van der Waals surface area contributed by atoms with Crippen molar-refractivity contribution < 1.29 is 9.53 Å². The molecule has 0 aliphatic heterocycles. The van der Waals surface area contributed by atoms with Crippen LogP contribution >= 0.6 is 0 Å². The normalized spacial score (nSPS) is 15.4. The molecule has 4 heteroatoms. The van der Waals surface area contributed by atoms with Crippen LogP contribution in [0.1, 0.15) is 25.3 Å². The first kappa shape index (κ1) is 14.7. The summed E-state index contributed by atoms with van der Waals surface area (Å²) in [5.74, 6) is 1.52. The van der Waals surface area contributed by atoms with Crippen molar-refractivity contribution in [2.45, 2.75) is 32.4 Å². The third kappa shape index (κ3) is 3.50. The number of ether oxygens (including phenoxy) is 1. The van der Waals surface area contributed by atoms with Gasteiger partial charge in [0.15, 0.2) is 0 Å². The number of methoxy groups -OCH3 is 1. The van der Waals surface area contributed by atoms with Crippen LogP contribution in [0.2, 0.25) is 0 Å². The Labute approximate surface area is 130 Å². The number of carbonyl (C=O) groups excluding carboxylic acids is 1. The van der Waals surface area contributed by atoms with Gasteiger partial charge in [-0.25, -0.2) is 4.79 Å². The second-order valence-electron chi connectivity index (χ2n) is 6.00. The quantitative estimate of drug-likeness (QED) is 0.888. The smallest absolute Gasteiger partial charge is 0.315 e. The Morgan fingerprint density at radius 3 is 2.68 bits per heavy atom. The maximum atomic E-state index is 11.9. The van der Waals surface area contributed by atoms with Gasteiger partial charge in [-0.3, -0.25) is 0 Å². The summed E-state index contributed by atoms with van der Waals surface area (Å²) in [5, 5.41) is 8.20. The van der Waals surface area contributed by atoms with Gasteiger partial charge in [0.1, 0.15) is 5.75 Å². The van der Waals surface area contributed by atoms with Gasteiger partial charge < -0.3 is 15.4 Å². The minimum atomic E-state index is -0.0887. The van der Waals surface area contributed by atoms with Gasteiger partial charge in [-0.2, -0.15) is 0 Å². The Kier molecular flexibility index (Phi) is 4.18. The third-order valence-corrected chi connectivity index (χ3v) is 4.25. The fourth-order valence-electron chi connectivity index (χ4n) is 2.66. The second-order valence-corrected chi connectivity index (χ2v) is 6.00. The van der Waals surface area contributed by atoms with E-state index in [1.165, 1.54) is 12.8 Å². The molecule has 116 valence electrons. The zero-order chi connectivity index (χ0) is 15.5. The first-order chi connectivity index (χ1) is 10.7. The highest BCUT2D eigenvalue weighted by atomic mass is 16.5. The van der Waals surface area contributed by atoms with Crippen LogP contribution in [-0.2, 0) is 6.54 Å². The number of carbonyl (C=O) groups is 1. The molecule has 4 nitrogen and oxygen atoms in total. The molecule has 2 amide bonds. The molecule has 2 N–H and O–H groups in total. The van der Waals surface area contributed by atoms with Gasteiger partial charge in [0.05, 0.1) is 7.11 Å². The Hall–Kier alpha value is -2.23. The molecule has 0 heterocycles. The molecule has 3 rings (SSSR count). The molecular weight excluding hydrogens is 276 g/mol. The van der Waals surface area contributed by atoms with Crippen molar-refractivity contribution in [2.24, 2.45) is 5.92 Å². The van der Waals surface area contributed by atoms with E-state index >= 15 is 0 Å². The van der Waals surface area contributed by atoms with E-state index in [2.05, 4.69) is 29.7 Å². The van der Waals surface area contributed by atoms with Crippen LogP contribution in [0.3, 0.4) is 0 Å². The fourth-order valence-corrected chi connectivity index (χ4v) is 2.66. The molecular formula is C18H22N2O2. The molecule has 1 atom stereocenters. The Bertz CT molecular complexity index is 680. The lowest BCUT2D eigenvalue weighted by Gasteiger charge is -2.14. The number of amides is 2. The standard InChI is InChI=1S/C18H22N2O2/c1-12(14-5-6-14)20-18(21)19-11-13-3-4-16-10-17(22-2)8-7-15(16)9-13/h3-4,7-10,12,14H,5-6,11H2,1-2H3,(H2,19,20,21). The lowest BCUT2D eigenvalue weighted by Crippen LogP contribution is -2.41. The third-order valence-electron chi connectivity index (χ3n) is 4.25. The molecule has 0 bridgehead atoms. The lowest BCUT2D eigenvalue weighted by atomic mass is 10.1. The molecule has 0 saturated heterocycles.